The molecule has 0 unspecified atom stereocenters. The van der Waals surface area contributed by atoms with Crippen molar-refractivity contribution in [1.29, 1.82) is 0 Å². The van der Waals surface area contributed by atoms with Gasteiger partial charge in [-0.3, -0.25) is 9.59 Å². The first-order valence-electron chi connectivity index (χ1n) is 9.51. The number of nitrogens with one attached hydrogen (secondary N) is 1. The first kappa shape index (κ1) is 19.9. The van der Waals surface area contributed by atoms with Crippen molar-refractivity contribution in [3.63, 3.8) is 0 Å². The molecule has 0 bridgehead atoms. The number of carbonyl (C=O) groups is 2. The second kappa shape index (κ2) is 9.37. The van der Waals surface area contributed by atoms with Crippen LogP contribution in [0.15, 0.2) is 47.1 Å². The summed E-state index contributed by atoms with van der Waals surface area (Å²) in [6.45, 7) is 5.02. The summed E-state index contributed by atoms with van der Waals surface area (Å²) in [5.41, 5.74) is 2.89. The Labute approximate surface area is 165 Å². The van der Waals surface area contributed by atoms with Gasteiger partial charge in [0.15, 0.2) is 0 Å². The Morgan fingerprint density at radius 2 is 2.11 bits per heavy atom. The van der Waals surface area contributed by atoms with Crippen LogP contribution >= 0.6 is 0 Å². The van der Waals surface area contributed by atoms with Gasteiger partial charge in [0.05, 0.1) is 12.4 Å². The van der Waals surface area contributed by atoms with E-state index in [1.165, 1.54) is 11.0 Å². The van der Waals surface area contributed by atoms with Gasteiger partial charge in [-0.25, -0.2) is 0 Å². The Bertz CT molecular complexity index is 836. The van der Waals surface area contributed by atoms with Gasteiger partial charge in [0.2, 0.25) is 11.8 Å². The molecule has 6 heteroatoms. The maximum Gasteiger partial charge on any atom is 0.247 e. The summed E-state index contributed by atoms with van der Waals surface area (Å²) in [5.74, 6) is 0.111. The van der Waals surface area contributed by atoms with Crippen LogP contribution in [-0.4, -0.2) is 42.5 Å². The third-order valence-electron chi connectivity index (χ3n) is 4.91. The number of rotatable bonds is 7. The Balaban J connectivity index is 1.67. The van der Waals surface area contributed by atoms with Crippen molar-refractivity contribution in [2.45, 2.75) is 32.8 Å². The van der Waals surface area contributed by atoms with Crippen LogP contribution in [0.1, 0.15) is 29.7 Å². The molecule has 1 aromatic carbocycles. The summed E-state index contributed by atoms with van der Waals surface area (Å²) in [4.78, 5) is 26.8. The highest BCUT2D eigenvalue weighted by atomic mass is 16.5. The van der Waals surface area contributed by atoms with E-state index in [1.807, 2.05) is 32.0 Å². The van der Waals surface area contributed by atoms with E-state index in [-0.39, 0.29) is 24.5 Å². The standard InChI is InChI=1S/C22H26N2O4/c1-16-6-3-9-20(17(16)2)23-21(25)15-24(14-19-8-5-13-28-19)22(26)11-10-18-7-4-12-27-18/h3-4,6-7,9-12,19H,5,8,13-15H2,1-2H3,(H,23,25)/b11-10+/t19-/m0/s1. The number of furan rings is 1. The van der Waals surface area contributed by atoms with Crippen molar-refractivity contribution < 1.29 is 18.7 Å². The lowest BCUT2D eigenvalue weighted by atomic mass is 10.1. The van der Waals surface area contributed by atoms with Gasteiger partial charge < -0.3 is 19.4 Å². The van der Waals surface area contributed by atoms with Crippen LogP contribution in [0.25, 0.3) is 6.08 Å². The zero-order valence-electron chi connectivity index (χ0n) is 16.3. The van der Waals surface area contributed by atoms with Gasteiger partial charge in [-0.05, 0) is 62.1 Å². The molecule has 2 aromatic rings. The first-order valence-corrected chi connectivity index (χ1v) is 9.51. The van der Waals surface area contributed by atoms with Crippen LogP contribution in [0.2, 0.25) is 0 Å². The van der Waals surface area contributed by atoms with Crippen LogP contribution in [0.3, 0.4) is 0 Å². The number of hydrogen-bond acceptors (Lipinski definition) is 4. The molecule has 0 aliphatic carbocycles. The highest BCUT2D eigenvalue weighted by Crippen LogP contribution is 2.18. The largest absolute Gasteiger partial charge is 0.465 e. The summed E-state index contributed by atoms with van der Waals surface area (Å²) >= 11 is 0. The van der Waals surface area contributed by atoms with E-state index >= 15 is 0 Å². The molecule has 1 fully saturated rings. The maximum atomic E-state index is 12.7. The van der Waals surface area contributed by atoms with E-state index in [9.17, 15) is 9.59 Å². The van der Waals surface area contributed by atoms with Crippen molar-refractivity contribution in [2.75, 3.05) is 25.0 Å². The topological polar surface area (TPSA) is 71.8 Å². The number of ether oxygens (including phenoxy) is 1. The fraction of sp³-hybridized carbons (Fsp3) is 0.364. The van der Waals surface area contributed by atoms with Crippen LogP contribution in [0, 0.1) is 13.8 Å². The molecular weight excluding hydrogens is 356 g/mol. The van der Waals surface area contributed by atoms with Gasteiger partial charge in [-0.15, -0.1) is 0 Å². The summed E-state index contributed by atoms with van der Waals surface area (Å²) in [6.07, 6.45) is 6.42. The number of anilines is 1. The number of aryl methyl sites for hydroxylation is 1. The minimum absolute atomic E-state index is 0.0329. The Kier molecular flexibility index (Phi) is 6.66. The second-order valence-electron chi connectivity index (χ2n) is 7.00. The molecule has 3 rings (SSSR count). The van der Waals surface area contributed by atoms with Gasteiger partial charge in [0.1, 0.15) is 12.3 Å². The van der Waals surface area contributed by atoms with Gasteiger partial charge in [-0.2, -0.15) is 0 Å². The van der Waals surface area contributed by atoms with Crippen molar-refractivity contribution in [3.8, 4) is 0 Å². The summed E-state index contributed by atoms with van der Waals surface area (Å²) in [6, 6.07) is 9.29. The molecule has 1 saturated heterocycles. The number of amides is 2. The van der Waals surface area contributed by atoms with Crippen molar-refractivity contribution >= 4 is 23.6 Å². The molecule has 2 heterocycles. The van der Waals surface area contributed by atoms with Gasteiger partial charge in [0, 0.05) is 24.9 Å². The van der Waals surface area contributed by atoms with Gasteiger partial charge >= 0.3 is 0 Å². The summed E-state index contributed by atoms with van der Waals surface area (Å²) in [5, 5.41) is 2.91. The average molecular weight is 382 g/mol. The smallest absolute Gasteiger partial charge is 0.247 e. The minimum Gasteiger partial charge on any atom is -0.465 e. The molecule has 1 atom stereocenters. The van der Waals surface area contributed by atoms with E-state index in [0.717, 1.165) is 29.7 Å². The average Bonchev–Trinajstić information content (AvgIpc) is 3.37. The molecular formula is C22H26N2O4. The molecule has 1 aliphatic rings. The Hall–Kier alpha value is -2.86. The van der Waals surface area contributed by atoms with Crippen LogP contribution in [0.4, 0.5) is 5.69 Å². The lowest BCUT2D eigenvalue weighted by Gasteiger charge is -2.24. The molecule has 148 valence electrons. The maximum absolute atomic E-state index is 12.7. The summed E-state index contributed by atoms with van der Waals surface area (Å²) < 4.78 is 10.9. The highest BCUT2D eigenvalue weighted by molar-refractivity contribution is 5.98. The van der Waals surface area contributed by atoms with Crippen LogP contribution in [-0.2, 0) is 14.3 Å². The van der Waals surface area contributed by atoms with E-state index in [1.54, 1.807) is 24.5 Å². The second-order valence-corrected chi connectivity index (χ2v) is 7.00. The fourth-order valence-corrected chi connectivity index (χ4v) is 3.16. The first-order chi connectivity index (χ1) is 13.5. The highest BCUT2D eigenvalue weighted by Gasteiger charge is 2.23. The number of hydrogen-bond donors (Lipinski definition) is 1. The SMILES string of the molecule is Cc1cccc(NC(=O)CN(C[C@@H]2CCCO2)C(=O)/C=C/c2ccco2)c1C. The van der Waals surface area contributed by atoms with Gasteiger partial charge in [-0.1, -0.05) is 12.1 Å². The minimum atomic E-state index is -0.247. The lowest BCUT2D eigenvalue weighted by molar-refractivity contribution is -0.131. The third kappa shape index (κ3) is 5.33. The molecule has 1 aliphatic heterocycles. The van der Waals surface area contributed by atoms with E-state index in [4.69, 9.17) is 9.15 Å². The zero-order valence-corrected chi connectivity index (χ0v) is 16.3. The van der Waals surface area contributed by atoms with E-state index < -0.39 is 0 Å². The van der Waals surface area contributed by atoms with Crippen molar-refractivity contribution in [2.24, 2.45) is 0 Å². The number of carbonyl (C=O) groups excluding carboxylic acids is 2. The molecule has 0 saturated carbocycles. The number of nitrogens with zero attached hydrogens (tertiary/aromatic N) is 1. The van der Waals surface area contributed by atoms with E-state index in [0.29, 0.717) is 18.9 Å². The normalized spacial score (nSPS) is 16.4. The predicted octanol–water partition coefficient (Wildman–Crippen LogP) is 3.56. The Morgan fingerprint density at radius 1 is 1.25 bits per heavy atom. The monoisotopic (exact) mass is 382 g/mol. The van der Waals surface area contributed by atoms with Crippen molar-refractivity contribution in [3.05, 3.63) is 59.6 Å². The zero-order chi connectivity index (χ0) is 19.9. The van der Waals surface area contributed by atoms with Crippen LogP contribution in [0.5, 0.6) is 0 Å². The van der Waals surface area contributed by atoms with E-state index in [2.05, 4.69) is 5.32 Å². The fourth-order valence-electron chi connectivity index (χ4n) is 3.16. The quantitative estimate of drug-likeness (QED) is 0.744. The van der Waals surface area contributed by atoms with Crippen molar-refractivity contribution in [1.82, 2.24) is 4.90 Å². The number of benzene rings is 1. The summed E-state index contributed by atoms with van der Waals surface area (Å²) in [7, 11) is 0. The lowest BCUT2D eigenvalue weighted by Crippen LogP contribution is -2.41. The third-order valence-corrected chi connectivity index (χ3v) is 4.91. The molecule has 1 N–H and O–H groups in total. The molecule has 0 spiro atoms. The van der Waals surface area contributed by atoms with Gasteiger partial charge in [0.25, 0.3) is 0 Å². The molecule has 28 heavy (non-hydrogen) atoms. The molecule has 1 aromatic heterocycles. The molecule has 0 radical (unpaired) electrons. The predicted molar refractivity (Wildman–Crippen MR) is 108 cm³/mol. The molecule has 6 nitrogen and oxygen atoms in total. The van der Waals surface area contributed by atoms with Crippen LogP contribution < -0.4 is 5.32 Å². The Morgan fingerprint density at radius 3 is 2.82 bits per heavy atom. The molecule has 2 amide bonds.